The standard InChI is InChI=1S/C12H16BrNO.ClH/c1-9-7-10(4-5-12(9)13)15-11-3-2-6-14-8-11;/h4-5,7,11,14H,2-3,6,8H2,1H3;1H. The van der Waals surface area contributed by atoms with Crippen LogP contribution in [0.4, 0.5) is 0 Å². The van der Waals surface area contributed by atoms with Gasteiger partial charge in [0, 0.05) is 11.0 Å². The van der Waals surface area contributed by atoms with Gasteiger partial charge in [-0.15, -0.1) is 12.4 Å². The molecule has 0 radical (unpaired) electrons. The van der Waals surface area contributed by atoms with Gasteiger partial charge in [0.15, 0.2) is 0 Å². The van der Waals surface area contributed by atoms with Crippen molar-refractivity contribution in [1.29, 1.82) is 0 Å². The van der Waals surface area contributed by atoms with Crippen LogP contribution in [0.25, 0.3) is 0 Å². The Morgan fingerprint density at radius 1 is 1.44 bits per heavy atom. The number of hydrogen-bond donors (Lipinski definition) is 1. The van der Waals surface area contributed by atoms with Crippen molar-refractivity contribution in [2.24, 2.45) is 0 Å². The summed E-state index contributed by atoms with van der Waals surface area (Å²) >= 11 is 3.49. The summed E-state index contributed by atoms with van der Waals surface area (Å²) in [5.41, 5.74) is 1.22. The minimum absolute atomic E-state index is 0. The van der Waals surface area contributed by atoms with Gasteiger partial charge in [-0.1, -0.05) is 15.9 Å². The van der Waals surface area contributed by atoms with Crippen LogP contribution in [0.1, 0.15) is 18.4 Å². The second-order valence-electron chi connectivity index (χ2n) is 4.00. The zero-order valence-electron chi connectivity index (χ0n) is 9.33. The molecule has 2 nitrogen and oxygen atoms in total. The lowest BCUT2D eigenvalue weighted by atomic mass is 10.1. The van der Waals surface area contributed by atoms with Crippen LogP contribution in [0.5, 0.6) is 5.75 Å². The molecule has 1 unspecified atom stereocenters. The van der Waals surface area contributed by atoms with E-state index in [-0.39, 0.29) is 12.4 Å². The molecule has 0 bridgehead atoms. The van der Waals surface area contributed by atoms with E-state index in [0.717, 1.165) is 29.7 Å². The van der Waals surface area contributed by atoms with Gasteiger partial charge in [0.1, 0.15) is 11.9 Å². The Labute approximate surface area is 111 Å². The molecule has 0 saturated carbocycles. The van der Waals surface area contributed by atoms with Crippen LogP contribution < -0.4 is 10.1 Å². The number of halogens is 2. The molecule has 2 rings (SSSR count). The molecule has 4 heteroatoms. The minimum Gasteiger partial charge on any atom is -0.489 e. The summed E-state index contributed by atoms with van der Waals surface area (Å²) in [6.07, 6.45) is 2.70. The molecular formula is C12H17BrClNO. The first-order chi connectivity index (χ1) is 7.25. The number of ether oxygens (including phenoxy) is 1. The van der Waals surface area contributed by atoms with Crippen molar-refractivity contribution >= 4 is 28.3 Å². The summed E-state index contributed by atoms with van der Waals surface area (Å²) < 4.78 is 7.04. The van der Waals surface area contributed by atoms with Gasteiger partial charge in [-0.3, -0.25) is 0 Å². The van der Waals surface area contributed by atoms with Crippen molar-refractivity contribution in [1.82, 2.24) is 5.32 Å². The van der Waals surface area contributed by atoms with Gasteiger partial charge in [-0.25, -0.2) is 0 Å². The highest BCUT2D eigenvalue weighted by atomic mass is 79.9. The first-order valence-corrected chi connectivity index (χ1v) is 6.18. The molecule has 1 aromatic carbocycles. The van der Waals surface area contributed by atoms with Crippen molar-refractivity contribution in [3.8, 4) is 5.75 Å². The molecule has 1 atom stereocenters. The molecule has 0 aliphatic carbocycles. The van der Waals surface area contributed by atoms with Gasteiger partial charge >= 0.3 is 0 Å². The highest BCUT2D eigenvalue weighted by Crippen LogP contribution is 2.23. The fourth-order valence-corrected chi connectivity index (χ4v) is 2.05. The van der Waals surface area contributed by atoms with Gasteiger partial charge in [0.25, 0.3) is 0 Å². The second kappa shape index (κ2) is 6.48. The Hall–Kier alpha value is -0.250. The third-order valence-electron chi connectivity index (χ3n) is 2.68. The first-order valence-electron chi connectivity index (χ1n) is 5.39. The first kappa shape index (κ1) is 13.8. The van der Waals surface area contributed by atoms with E-state index >= 15 is 0 Å². The predicted molar refractivity (Wildman–Crippen MR) is 72.6 cm³/mol. The predicted octanol–water partition coefficient (Wildman–Crippen LogP) is 3.31. The van der Waals surface area contributed by atoms with Crippen LogP contribution in [-0.2, 0) is 0 Å². The Morgan fingerprint density at radius 2 is 2.25 bits per heavy atom. The van der Waals surface area contributed by atoms with E-state index in [0.29, 0.717) is 6.10 Å². The Balaban J connectivity index is 0.00000128. The summed E-state index contributed by atoms with van der Waals surface area (Å²) in [6.45, 7) is 4.17. The molecule has 0 spiro atoms. The van der Waals surface area contributed by atoms with E-state index in [1.54, 1.807) is 0 Å². The quantitative estimate of drug-likeness (QED) is 0.905. The highest BCUT2D eigenvalue weighted by Gasteiger charge is 2.14. The van der Waals surface area contributed by atoms with Gasteiger partial charge < -0.3 is 10.1 Å². The Bertz CT molecular complexity index is 340. The summed E-state index contributed by atoms with van der Waals surface area (Å²) in [5.74, 6) is 0.976. The summed E-state index contributed by atoms with van der Waals surface area (Å²) in [5, 5.41) is 3.35. The minimum atomic E-state index is 0. The van der Waals surface area contributed by atoms with Crippen LogP contribution in [0.3, 0.4) is 0 Å². The molecule has 1 aromatic rings. The van der Waals surface area contributed by atoms with Gasteiger partial charge in [-0.05, 0) is 50.1 Å². The number of piperidine rings is 1. The topological polar surface area (TPSA) is 21.3 Å². The smallest absolute Gasteiger partial charge is 0.120 e. The van der Waals surface area contributed by atoms with E-state index in [1.165, 1.54) is 12.0 Å². The monoisotopic (exact) mass is 305 g/mol. The Morgan fingerprint density at radius 3 is 2.88 bits per heavy atom. The van der Waals surface area contributed by atoms with Gasteiger partial charge in [-0.2, -0.15) is 0 Å². The normalized spacial score (nSPS) is 20.0. The summed E-state index contributed by atoms with van der Waals surface area (Å²) in [6, 6.07) is 6.14. The largest absolute Gasteiger partial charge is 0.489 e. The highest BCUT2D eigenvalue weighted by molar-refractivity contribution is 9.10. The van der Waals surface area contributed by atoms with Crippen molar-refractivity contribution < 1.29 is 4.74 Å². The average Bonchev–Trinajstić information content (AvgIpc) is 2.25. The number of rotatable bonds is 2. The molecule has 1 aliphatic heterocycles. The fourth-order valence-electron chi connectivity index (χ4n) is 1.80. The number of aryl methyl sites for hydroxylation is 1. The zero-order chi connectivity index (χ0) is 10.7. The van der Waals surface area contributed by atoms with Crippen LogP contribution in [0.2, 0.25) is 0 Å². The Kier molecular flexibility index (Phi) is 5.59. The van der Waals surface area contributed by atoms with Crippen LogP contribution >= 0.6 is 28.3 Å². The van der Waals surface area contributed by atoms with Crippen LogP contribution in [-0.4, -0.2) is 19.2 Å². The summed E-state index contributed by atoms with van der Waals surface area (Å²) in [7, 11) is 0. The number of benzene rings is 1. The van der Waals surface area contributed by atoms with Crippen LogP contribution in [0.15, 0.2) is 22.7 Å². The molecule has 1 fully saturated rings. The van der Waals surface area contributed by atoms with Crippen molar-refractivity contribution in [2.75, 3.05) is 13.1 Å². The molecular weight excluding hydrogens is 289 g/mol. The van der Waals surface area contributed by atoms with E-state index in [4.69, 9.17) is 4.74 Å². The SMILES string of the molecule is Cc1cc(OC2CCCNC2)ccc1Br.Cl. The lowest BCUT2D eigenvalue weighted by Gasteiger charge is -2.24. The van der Waals surface area contributed by atoms with Crippen molar-refractivity contribution in [2.45, 2.75) is 25.9 Å². The van der Waals surface area contributed by atoms with Gasteiger partial charge in [0.05, 0.1) is 0 Å². The molecule has 16 heavy (non-hydrogen) atoms. The third-order valence-corrected chi connectivity index (χ3v) is 3.57. The number of nitrogens with one attached hydrogen (secondary N) is 1. The molecule has 1 aliphatic rings. The fraction of sp³-hybridized carbons (Fsp3) is 0.500. The number of hydrogen-bond acceptors (Lipinski definition) is 2. The van der Waals surface area contributed by atoms with Crippen molar-refractivity contribution in [3.05, 3.63) is 28.2 Å². The molecule has 0 aromatic heterocycles. The van der Waals surface area contributed by atoms with E-state index in [2.05, 4.69) is 34.2 Å². The summed E-state index contributed by atoms with van der Waals surface area (Å²) in [4.78, 5) is 0. The molecule has 90 valence electrons. The third kappa shape index (κ3) is 3.65. The maximum atomic E-state index is 5.91. The van der Waals surface area contributed by atoms with Crippen molar-refractivity contribution in [3.63, 3.8) is 0 Å². The zero-order valence-corrected chi connectivity index (χ0v) is 11.7. The lowest BCUT2D eigenvalue weighted by molar-refractivity contribution is 0.167. The van der Waals surface area contributed by atoms with E-state index < -0.39 is 0 Å². The molecule has 1 N–H and O–H groups in total. The average molecular weight is 307 g/mol. The maximum absolute atomic E-state index is 5.91. The molecule has 1 heterocycles. The maximum Gasteiger partial charge on any atom is 0.120 e. The molecule has 1 saturated heterocycles. The molecule has 0 amide bonds. The second-order valence-corrected chi connectivity index (χ2v) is 4.85. The van der Waals surface area contributed by atoms with E-state index in [1.807, 2.05) is 12.1 Å². The lowest BCUT2D eigenvalue weighted by Crippen LogP contribution is -2.37. The van der Waals surface area contributed by atoms with E-state index in [9.17, 15) is 0 Å². The van der Waals surface area contributed by atoms with Crippen LogP contribution in [0, 0.1) is 6.92 Å². The van der Waals surface area contributed by atoms with Gasteiger partial charge in [0.2, 0.25) is 0 Å².